The first-order chi connectivity index (χ1) is 4.48. The smallest absolute Gasteiger partial charge is 0.211 e. The van der Waals surface area contributed by atoms with Crippen molar-refractivity contribution in [3.63, 3.8) is 0 Å². The van der Waals surface area contributed by atoms with Crippen LogP contribution in [0.4, 0.5) is 0 Å². The van der Waals surface area contributed by atoms with Crippen molar-refractivity contribution in [3.8, 4) is 0 Å². The molecule has 0 saturated carbocycles. The Morgan fingerprint density at radius 1 is 1.60 bits per heavy atom. The Balaban J connectivity index is 3.99. The van der Waals surface area contributed by atoms with Gasteiger partial charge in [0, 0.05) is 13.6 Å². The summed E-state index contributed by atoms with van der Waals surface area (Å²) in [7, 11) is -1.66. The normalized spacial score (nSPS) is 13.1. The van der Waals surface area contributed by atoms with Gasteiger partial charge in [0.1, 0.15) is 0 Å². The molecule has 10 heavy (non-hydrogen) atoms. The van der Waals surface area contributed by atoms with Gasteiger partial charge in [0.25, 0.3) is 0 Å². The summed E-state index contributed by atoms with van der Waals surface area (Å²) < 4.78 is 22.4. The van der Waals surface area contributed by atoms with Crippen molar-refractivity contribution in [2.45, 2.75) is 0 Å². The second kappa shape index (κ2) is 3.58. The molecule has 0 aliphatic heterocycles. The highest BCUT2D eigenvalue weighted by Crippen LogP contribution is 1.91. The molecule has 5 heteroatoms. The van der Waals surface area contributed by atoms with E-state index in [0.29, 0.717) is 0 Å². The lowest BCUT2D eigenvalue weighted by Crippen LogP contribution is -2.25. The molecule has 0 aromatic heterocycles. The molecule has 0 saturated heterocycles. The van der Waals surface area contributed by atoms with Crippen LogP contribution >= 0.6 is 0 Å². The summed E-state index contributed by atoms with van der Waals surface area (Å²) in [6, 6.07) is 0. The van der Waals surface area contributed by atoms with Gasteiger partial charge in [-0.1, -0.05) is 0 Å². The molecule has 0 unspecified atom stereocenters. The van der Waals surface area contributed by atoms with E-state index >= 15 is 0 Å². The van der Waals surface area contributed by atoms with Gasteiger partial charge in [-0.2, -0.15) is 0 Å². The fourth-order valence-electron chi connectivity index (χ4n) is 0.331. The Hall–Kier alpha value is -0.550. The van der Waals surface area contributed by atoms with Gasteiger partial charge in [-0.05, 0) is 6.08 Å². The van der Waals surface area contributed by atoms with E-state index in [1.165, 1.54) is 13.1 Å². The molecule has 0 heterocycles. The zero-order chi connectivity index (χ0) is 8.20. The molecule has 0 rings (SSSR count). The number of nitrogens with zero attached hydrogens (tertiary/aromatic N) is 1. The Labute approximate surface area is 60.8 Å². The van der Waals surface area contributed by atoms with Gasteiger partial charge in [0.2, 0.25) is 10.0 Å². The summed E-state index contributed by atoms with van der Waals surface area (Å²) in [4.78, 5) is 0. The van der Waals surface area contributed by atoms with Crippen LogP contribution in [0.1, 0.15) is 0 Å². The van der Waals surface area contributed by atoms with Crippen LogP contribution in [-0.2, 0) is 10.0 Å². The molecule has 0 fully saturated rings. The molecule has 4 nitrogen and oxygen atoms in total. The van der Waals surface area contributed by atoms with Crippen LogP contribution in [-0.4, -0.2) is 37.7 Å². The molecule has 0 spiro atoms. The van der Waals surface area contributed by atoms with Crippen molar-refractivity contribution >= 4 is 10.0 Å². The Bertz CT molecular complexity index is 207. The predicted octanol–water partition coefficient (Wildman–Crippen LogP) is -0.0505. The van der Waals surface area contributed by atoms with Gasteiger partial charge in [0.15, 0.2) is 0 Å². The predicted molar refractivity (Wildman–Crippen MR) is 39.2 cm³/mol. The number of sulfonamides is 1. The van der Waals surface area contributed by atoms with Gasteiger partial charge >= 0.3 is 0 Å². The number of aliphatic hydroxyl groups excluding tert-OH is 1. The summed E-state index contributed by atoms with van der Waals surface area (Å²) in [6.45, 7) is 0.204. The first kappa shape index (κ1) is 9.45. The highest BCUT2D eigenvalue weighted by atomic mass is 32.2. The standard InChI is InChI=1S/C5H11NO3S/c1-6(4-3-5-7)10(2,8)9/h3,5,7H,4H2,1-2H3/b5-3+. The Morgan fingerprint density at radius 3 is 2.40 bits per heavy atom. The zero-order valence-electron chi connectivity index (χ0n) is 5.98. The fraction of sp³-hybridized carbons (Fsp3) is 0.600. The highest BCUT2D eigenvalue weighted by Gasteiger charge is 2.07. The molecule has 0 atom stereocenters. The molecular weight excluding hydrogens is 154 g/mol. The van der Waals surface area contributed by atoms with Crippen molar-refractivity contribution < 1.29 is 13.5 Å². The third-order valence-electron chi connectivity index (χ3n) is 1.03. The highest BCUT2D eigenvalue weighted by molar-refractivity contribution is 7.88. The topological polar surface area (TPSA) is 57.6 Å². The van der Waals surface area contributed by atoms with E-state index in [4.69, 9.17) is 5.11 Å². The first-order valence-corrected chi connectivity index (χ1v) is 4.54. The summed E-state index contributed by atoms with van der Waals surface area (Å²) in [5.74, 6) is 0. The van der Waals surface area contributed by atoms with Gasteiger partial charge in [-0.3, -0.25) is 0 Å². The fourth-order valence-corrected chi connectivity index (χ4v) is 0.688. The maximum atomic E-state index is 10.6. The Kier molecular flexibility index (Phi) is 3.38. The quantitative estimate of drug-likeness (QED) is 0.596. The lowest BCUT2D eigenvalue weighted by atomic mass is 10.6. The zero-order valence-corrected chi connectivity index (χ0v) is 6.80. The third kappa shape index (κ3) is 3.47. The van der Waals surface area contributed by atoms with Gasteiger partial charge in [-0.15, -0.1) is 0 Å². The second-order valence-corrected chi connectivity index (χ2v) is 4.02. The molecule has 0 aromatic carbocycles. The molecule has 0 aliphatic rings. The summed E-state index contributed by atoms with van der Waals surface area (Å²) in [5.41, 5.74) is 0. The van der Waals surface area contributed by atoms with Crippen LogP contribution in [0.2, 0.25) is 0 Å². The van der Waals surface area contributed by atoms with E-state index in [9.17, 15) is 8.42 Å². The summed E-state index contributed by atoms with van der Waals surface area (Å²) in [6.07, 6.45) is 3.28. The van der Waals surface area contributed by atoms with Crippen LogP contribution < -0.4 is 0 Å². The van der Waals surface area contributed by atoms with Crippen LogP contribution in [0.5, 0.6) is 0 Å². The van der Waals surface area contributed by atoms with E-state index in [-0.39, 0.29) is 6.54 Å². The van der Waals surface area contributed by atoms with Crippen LogP contribution in [0.3, 0.4) is 0 Å². The number of hydrogen-bond donors (Lipinski definition) is 1. The minimum absolute atomic E-state index is 0.204. The van der Waals surface area contributed by atoms with E-state index in [1.54, 1.807) is 0 Å². The minimum Gasteiger partial charge on any atom is -0.516 e. The van der Waals surface area contributed by atoms with E-state index in [2.05, 4.69) is 0 Å². The molecule has 0 bridgehead atoms. The van der Waals surface area contributed by atoms with Gasteiger partial charge in [0.05, 0.1) is 12.5 Å². The molecule has 0 aromatic rings. The van der Waals surface area contributed by atoms with E-state index in [0.717, 1.165) is 16.8 Å². The number of hydrogen-bond acceptors (Lipinski definition) is 3. The monoisotopic (exact) mass is 165 g/mol. The number of likely N-dealkylation sites (N-methyl/N-ethyl adjacent to an activating group) is 1. The van der Waals surface area contributed by atoms with Crippen molar-refractivity contribution in [1.82, 2.24) is 4.31 Å². The lowest BCUT2D eigenvalue weighted by molar-refractivity contribution is 0.462. The molecule has 1 N–H and O–H groups in total. The largest absolute Gasteiger partial charge is 0.516 e. The Morgan fingerprint density at radius 2 is 2.10 bits per heavy atom. The molecular formula is C5H11NO3S. The first-order valence-electron chi connectivity index (χ1n) is 2.69. The van der Waals surface area contributed by atoms with Crippen molar-refractivity contribution in [3.05, 3.63) is 12.3 Å². The lowest BCUT2D eigenvalue weighted by Gasteiger charge is -2.09. The molecule has 0 aliphatic carbocycles. The van der Waals surface area contributed by atoms with E-state index in [1.807, 2.05) is 0 Å². The summed E-state index contributed by atoms with van der Waals surface area (Å²) in [5, 5.41) is 8.18. The van der Waals surface area contributed by atoms with Crippen LogP contribution in [0, 0.1) is 0 Å². The maximum Gasteiger partial charge on any atom is 0.211 e. The van der Waals surface area contributed by atoms with Crippen LogP contribution in [0.25, 0.3) is 0 Å². The number of aliphatic hydroxyl groups is 1. The number of rotatable bonds is 3. The average Bonchev–Trinajstić information content (AvgIpc) is 1.80. The summed E-state index contributed by atoms with van der Waals surface area (Å²) >= 11 is 0. The maximum absolute atomic E-state index is 10.6. The third-order valence-corrected chi connectivity index (χ3v) is 2.32. The van der Waals surface area contributed by atoms with E-state index < -0.39 is 10.0 Å². The van der Waals surface area contributed by atoms with Crippen LogP contribution in [0.15, 0.2) is 12.3 Å². The molecule has 0 radical (unpaired) electrons. The SMILES string of the molecule is CN(C/C=C/O)S(C)(=O)=O. The molecule has 0 amide bonds. The van der Waals surface area contributed by atoms with Gasteiger partial charge < -0.3 is 5.11 Å². The van der Waals surface area contributed by atoms with Crippen molar-refractivity contribution in [2.24, 2.45) is 0 Å². The molecule has 60 valence electrons. The van der Waals surface area contributed by atoms with Gasteiger partial charge in [-0.25, -0.2) is 12.7 Å². The van der Waals surface area contributed by atoms with Crippen molar-refractivity contribution in [2.75, 3.05) is 19.8 Å². The second-order valence-electron chi connectivity index (χ2n) is 1.93. The average molecular weight is 165 g/mol. The minimum atomic E-state index is -3.10. The van der Waals surface area contributed by atoms with Crippen molar-refractivity contribution in [1.29, 1.82) is 0 Å².